The maximum atomic E-state index is 11.1. The second kappa shape index (κ2) is 5.51. The van der Waals surface area contributed by atoms with Crippen LogP contribution in [0.1, 0.15) is 17.9 Å². The molecule has 0 atom stereocenters. The minimum atomic E-state index is -0.243. The predicted molar refractivity (Wildman–Crippen MR) is 51.0 cm³/mol. The number of aromatic nitrogens is 2. The number of aryl methyl sites for hydroxylation is 1. The molecular weight excluding hydrogens is 184 g/mol. The zero-order valence-electron chi connectivity index (χ0n) is 8.12. The average Bonchev–Trinajstić information content (AvgIpc) is 2.17. The Morgan fingerprint density at radius 2 is 2.43 bits per heavy atom. The summed E-state index contributed by atoms with van der Waals surface area (Å²) in [5, 5.41) is 8.80. The quantitative estimate of drug-likeness (QED) is 0.645. The second-order valence-electron chi connectivity index (χ2n) is 2.94. The van der Waals surface area contributed by atoms with Crippen LogP contribution in [0.25, 0.3) is 0 Å². The van der Waals surface area contributed by atoms with E-state index in [2.05, 4.69) is 9.97 Å². The maximum absolute atomic E-state index is 11.1. The van der Waals surface area contributed by atoms with Crippen LogP contribution in [0.5, 0.6) is 0 Å². The number of aromatic amines is 1. The van der Waals surface area contributed by atoms with Crippen molar-refractivity contribution < 1.29 is 9.84 Å². The van der Waals surface area contributed by atoms with Gasteiger partial charge in [-0.05, 0) is 12.8 Å². The van der Waals surface area contributed by atoms with Crippen LogP contribution in [0, 0.1) is 0 Å². The molecule has 1 aromatic heterocycles. The summed E-state index contributed by atoms with van der Waals surface area (Å²) >= 11 is 0. The molecule has 0 aliphatic carbocycles. The summed E-state index contributed by atoms with van der Waals surface area (Å²) < 4.78 is 4.89. The van der Waals surface area contributed by atoms with E-state index in [1.165, 1.54) is 6.07 Å². The zero-order chi connectivity index (χ0) is 10.4. The van der Waals surface area contributed by atoms with Crippen LogP contribution in [0.3, 0.4) is 0 Å². The molecular formula is C9H14N2O3. The van der Waals surface area contributed by atoms with Crippen LogP contribution in [0.2, 0.25) is 0 Å². The molecule has 0 bridgehead atoms. The third-order valence-electron chi connectivity index (χ3n) is 1.77. The Morgan fingerprint density at radius 3 is 3.07 bits per heavy atom. The van der Waals surface area contributed by atoms with E-state index >= 15 is 0 Å². The predicted octanol–water partition coefficient (Wildman–Crippen LogP) is -0.159. The zero-order valence-corrected chi connectivity index (χ0v) is 8.12. The van der Waals surface area contributed by atoms with Gasteiger partial charge in [-0.2, -0.15) is 0 Å². The summed E-state index contributed by atoms with van der Waals surface area (Å²) in [7, 11) is 1.63. The van der Waals surface area contributed by atoms with Gasteiger partial charge < -0.3 is 14.8 Å². The molecule has 1 rings (SSSR count). The number of nitrogens with zero attached hydrogens (tertiary/aromatic N) is 1. The van der Waals surface area contributed by atoms with Gasteiger partial charge >= 0.3 is 0 Å². The van der Waals surface area contributed by atoms with Gasteiger partial charge in [0, 0.05) is 25.5 Å². The molecule has 1 aromatic rings. The smallest absolute Gasteiger partial charge is 0.251 e. The topological polar surface area (TPSA) is 75.2 Å². The number of aliphatic hydroxyl groups excluding tert-OH is 1. The molecule has 0 saturated carbocycles. The first-order chi connectivity index (χ1) is 6.76. The second-order valence-corrected chi connectivity index (χ2v) is 2.94. The van der Waals surface area contributed by atoms with Gasteiger partial charge in [0.25, 0.3) is 5.56 Å². The first-order valence-corrected chi connectivity index (χ1v) is 4.45. The van der Waals surface area contributed by atoms with Crippen molar-refractivity contribution in [2.75, 3.05) is 13.7 Å². The van der Waals surface area contributed by atoms with Crippen LogP contribution in [-0.4, -0.2) is 28.8 Å². The Balaban J connectivity index is 2.67. The highest BCUT2D eigenvalue weighted by molar-refractivity contribution is 5.02. The third-order valence-corrected chi connectivity index (χ3v) is 1.77. The molecule has 14 heavy (non-hydrogen) atoms. The van der Waals surface area contributed by atoms with E-state index in [1.807, 2.05) is 0 Å². The molecule has 1 heterocycles. The van der Waals surface area contributed by atoms with E-state index in [1.54, 1.807) is 7.11 Å². The highest BCUT2D eigenvalue weighted by Crippen LogP contribution is 1.97. The Labute approximate surface area is 81.8 Å². The van der Waals surface area contributed by atoms with E-state index < -0.39 is 0 Å². The van der Waals surface area contributed by atoms with E-state index in [4.69, 9.17) is 9.84 Å². The van der Waals surface area contributed by atoms with E-state index in [9.17, 15) is 4.79 Å². The average molecular weight is 198 g/mol. The Morgan fingerprint density at radius 1 is 1.64 bits per heavy atom. The minimum absolute atomic E-state index is 0.225. The van der Waals surface area contributed by atoms with Gasteiger partial charge in [0.2, 0.25) is 0 Å². The number of methoxy groups -OCH3 is 1. The van der Waals surface area contributed by atoms with Gasteiger partial charge in [0.05, 0.1) is 0 Å². The number of rotatable bonds is 5. The van der Waals surface area contributed by atoms with Gasteiger partial charge in [-0.15, -0.1) is 0 Å². The summed E-state index contributed by atoms with van der Waals surface area (Å²) in [6, 6.07) is 1.44. The molecule has 5 heteroatoms. The molecule has 0 fully saturated rings. The van der Waals surface area contributed by atoms with Gasteiger partial charge in [-0.3, -0.25) is 4.79 Å². The lowest BCUT2D eigenvalue weighted by Crippen LogP contribution is -2.13. The van der Waals surface area contributed by atoms with Crippen LogP contribution >= 0.6 is 0 Å². The number of nitrogens with one attached hydrogen (secondary N) is 1. The van der Waals surface area contributed by atoms with E-state index in [-0.39, 0.29) is 12.2 Å². The number of ether oxygens (including phenoxy) is 1. The molecule has 0 saturated heterocycles. The summed E-state index contributed by atoms with van der Waals surface area (Å²) in [5.74, 6) is 0.310. The lowest BCUT2D eigenvalue weighted by Gasteiger charge is -2.01. The van der Waals surface area contributed by atoms with Crippen molar-refractivity contribution in [1.29, 1.82) is 0 Å². The van der Waals surface area contributed by atoms with Crippen molar-refractivity contribution in [2.24, 2.45) is 0 Å². The van der Waals surface area contributed by atoms with Crippen molar-refractivity contribution in [3.63, 3.8) is 0 Å². The summed E-state index contributed by atoms with van der Waals surface area (Å²) in [6.45, 7) is 0.399. The molecule has 0 unspecified atom stereocenters. The Hall–Kier alpha value is -1.20. The standard InChI is InChI=1S/C9H14N2O3/c1-14-4-2-3-7-5-9(13)11-8(6-12)10-7/h5,12H,2-4,6H2,1H3,(H,10,11,13). The fourth-order valence-electron chi connectivity index (χ4n) is 1.16. The molecule has 0 radical (unpaired) electrons. The minimum Gasteiger partial charge on any atom is -0.388 e. The highest BCUT2D eigenvalue weighted by atomic mass is 16.5. The monoisotopic (exact) mass is 198 g/mol. The number of H-pyrrole nitrogens is 1. The largest absolute Gasteiger partial charge is 0.388 e. The number of hydrogen-bond acceptors (Lipinski definition) is 4. The Kier molecular flexibility index (Phi) is 4.28. The third kappa shape index (κ3) is 3.27. The van der Waals surface area contributed by atoms with Gasteiger partial charge in [0.1, 0.15) is 12.4 Å². The summed E-state index contributed by atoms with van der Waals surface area (Å²) in [6.07, 6.45) is 1.50. The first kappa shape index (κ1) is 10.9. The molecule has 0 aliphatic rings. The summed E-state index contributed by atoms with van der Waals surface area (Å²) in [5.41, 5.74) is 0.464. The SMILES string of the molecule is COCCCc1cc(=O)[nH]c(CO)n1. The lowest BCUT2D eigenvalue weighted by molar-refractivity contribution is 0.195. The van der Waals surface area contributed by atoms with E-state index in [0.717, 1.165) is 6.42 Å². The van der Waals surface area contributed by atoms with Crippen molar-refractivity contribution in [3.05, 3.63) is 27.9 Å². The van der Waals surface area contributed by atoms with Gasteiger partial charge in [-0.1, -0.05) is 0 Å². The highest BCUT2D eigenvalue weighted by Gasteiger charge is 1.99. The lowest BCUT2D eigenvalue weighted by atomic mass is 10.2. The molecule has 2 N–H and O–H groups in total. The van der Waals surface area contributed by atoms with Crippen molar-refractivity contribution >= 4 is 0 Å². The summed E-state index contributed by atoms with van der Waals surface area (Å²) in [4.78, 5) is 17.6. The van der Waals surface area contributed by atoms with Crippen molar-refractivity contribution in [1.82, 2.24) is 9.97 Å². The fraction of sp³-hybridized carbons (Fsp3) is 0.556. The van der Waals surface area contributed by atoms with Crippen LogP contribution in [0.15, 0.2) is 10.9 Å². The van der Waals surface area contributed by atoms with Crippen LogP contribution in [0.4, 0.5) is 0 Å². The maximum Gasteiger partial charge on any atom is 0.251 e. The van der Waals surface area contributed by atoms with Gasteiger partial charge in [0.15, 0.2) is 0 Å². The van der Waals surface area contributed by atoms with Gasteiger partial charge in [-0.25, -0.2) is 4.98 Å². The molecule has 0 aromatic carbocycles. The van der Waals surface area contributed by atoms with Crippen LogP contribution in [-0.2, 0) is 17.8 Å². The normalized spacial score (nSPS) is 10.4. The first-order valence-electron chi connectivity index (χ1n) is 4.45. The fourth-order valence-corrected chi connectivity index (χ4v) is 1.16. The molecule has 5 nitrogen and oxygen atoms in total. The number of hydrogen-bond donors (Lipinski definition) is 2. The molecule has 0 aliphatic heterocycles. The molecule has 0 spiro atoms. The molecule has 78 valence electrons. The number of aliphatic hydroxyl groups is 1. The van der Waals surface area contributed by atoms with Crippen molar-refractivity contribution in [3.8, 4) is 0 Å². The molecule has 0 amide bonds. The van der Waals surface area contributed by atoms with E-state index in [0.29, 0.717) is 24.5 Å². The van der Waals surface area contributed by atoms with Crippen molar-refractivity contribution in [2.45, 2.75) is 19.4 Å². The Bertz CT molecular complexity index is 335. The van der Waals surface area contributed by atoms with Crippen LogP contribution < -0.4 is 5.56 Å².